The number of benzene rings is 2. The highest BCUT2D eigenvalue weighted by atomic mass is 32.2. The topological polar surface area (TPSA) is 63.7 Å². The number of unbranched alkanes of at least 4 members (excludes halogenated alkanes) is 1. The summed E-state index contributed by atoms with van der Waals surface area (Å²) in [6.07, 6.45) is 3.36. The van der Waals surface area contributed by atoms with Gasteiger partial charge in [0, 0.05) is 23.2 Å². The lowest BCUT2D eigenvalue weighted by Crippen LogP contribution is -2.10. The molecule has 0 bridgehead atoms. The summed E-state index contributed by atoms with van der Waals surface area (Å²) < 4.78 is 11.0. The molecule has 1 heterocycles. The van der Waals surface area contributed by atoms with E-state index in [1.54, 1.807) is 12.3 Å². The van der Waals surface area contributed by atoms with Crippen molar-refractivity contribution in [3.8, 4) is 5.75 Å². The molecule has 2 aromatic carbocycles. The van der Waals surface area contributed by atoms with Crippen LogP contribution in [0.15, 0.2) is 69.4 Å². The molecular weight excluding hydrogens is 384 g/mol. The van der Waals surface area contributed by atoms with Crippen molar-refractivity contribution in [2.45, 2.75) is 43.9 Å². The largest absolute Gasteiger partial charge is 0.494 e. The minimum absolute atomic E-state index is 0.104. The van der Waals surface area contributed by atoms with E-state index in [1.165, 1.54) is 23.7 Å². The number of aromatic amines is 1. The molecule has 0 saturated carbocycles. The zero-order valence-electron chi connectivity index (χ0n) is 17.0. The van der Waals surface area contributed by atoms with Crippen molar-refractivity contribution in [3.63, 3.8) is 0 Å². The van der Waals surface area contributed by atoms with Gasteiger partial charge in [-0.15, -0.1) is 0 Å². The van der Waals surface area contributed by atoms with Gasteiger partial charge < -0.3 is 14.0 Å². The molecule has 1 aromatic heterocycles. The van der Waals surface area contributed by atoms with Crippen LogP contribution >= 0.6 is 12.0 Å². The quantitative estimate of drug-likeness (QED) is 0.224. The van der Waals surface area contributed by atoms with Gasteiger partial charge in [0.1, 0.15) is 17.8 Å². The van der Waals surface area contributed by atoms with Crippen LogP contribution in [0.5, 0.6) is 5.75 Å². The van der Waals surface area contributed by atoms with Crippen LogP contribution in [-0.2, 0) is 9.70 Å². The Morgan fingerprint density at radius 3 is 2.62 bits per heavy atom. The summed E-state index contributed by atoms with van der Waals surface area (Å²) in [5, 5.41) is 4.93. The lowest BCUT2D eigenvalue weighted by atomic mass is 9.87. The molecule has 0 aliphatic carbocycles. The first-order chi connectivity index (χ1) is 13.9. The standard InChI is InChI=1S/C23H26N2O3S/c1-23(2,3)18-7-10-20(11-8-18)29-28-24-14-4-5-15-27-19-9-12-21-17(16-19)6-13-22(26)25-21/h6-14,16H,4-5,15H2,1-3H3,(H,25,26). The van der Waals surface area contributed by atoms with E-state index >= 15 is 0 Å². The summed E-state index contributed by atoms with van der Waals surface area (Å²) in [4.78, 5) is 15.1. The first-order valence-corrected chi connectivity index (χ1v) is 10.4. The highest BCUT2D eigenvalue weighted by Crippen LogP contribution is 2.26. The first-order valence-electron chi connectivity index (χ1n) is 9.64. The van der Waals surface area contributed by atoms with Gasteiger partial charge in [-0.3, -0.25) is 4.79 Å². The number of oxime groups is 1. The molecule has 152 valence electrons. The molecule has 0 spiro atoms. The highest BCUT2D eigenvalue weighted by molar-refractivity contribution is 7.94. The summed E-state index contributed by atoms with van der Waals surface area (Å²) >= 11 is 1.25. The Bertz CT molecular complexity index is 1020. The third-order valence-corrected chi connectivity index (χ3v) is 5.04. The van der Waals surface area contributed by atoms with Crippen LogP contribution in [0.4, 0.5) is 0 Å². The van der Waals surface area contributed by atoms with Gasteiger partial charge in [0.15, 0.2) is 0 Å². The summed E-state index contributed by atoms with van der Waals surface area (Å²) in [5.74, 6) is 0.784. The molecule has 0 radical (unpaired) electrons. The number of ether oxygens (including phenoxy) is 1. The molecule has 1 N–H and O–H groups in total. The predicted molar refractivity (Wildman–Crippen MR) is 120 cm³/mol. The second-order valence-electron chi connectivity index (χ2n) is 7.78. The number of aromatic nitrogens is 1. The fraction of sp³-hybridized carbons (Fsp3) is 0.304. The molecule has 6 heteroatoms. The molecule has 0 amide bonds. The van der Waals surface area contributed by atoms with E-state index in [1.807, 2.05) is 30.3 Å². The third-order valence-electron chi connectivity index (χ3n) is 4.41. The fourth-order valence-electron chi connectivity index (χ4n) is 2.75. The number of fused-ring (bicyclic) bond motifs is 1. The summed E-state index contributed by atoms with van der Waals surface area (Å²) in [6, 6.07) is 17.3. The Morgan fingerprint density at radius 1 is 1.07 bits per heavy atom. The maximum atomic E-state index is 11.3. The predicted octanol–water partition coefficient (Wildman–Crippen LogP) is 5.69. The second-order valence-corrected chi connectivity index (χ2v) is 8.57. The lowest BCUT2D eigenvalue weighted by molar-refractivity contribution is 0.313. The van der Waals surface area contributed by atoms with Gasteiger partial charge in [0.05, 0.1) is 11.5 Å². The lowest BCUT2D eigenvalue weighted by Gasteiger charge is -2.18. The van der Waals surface area contributed by atoms with E-state index in [4.69, 9.17) is 9.02 Å². The smallest absolute Gasteiger partial charge is 0.248 e. The summed E-state index contributed by atoms with van der Waals surface area (Å²) in [6.45, 7) is 7.17. The van der Waals surface area contributed by atoms with E-state index in [9.17, 15) is 4.79 Å². The average Bonchev–Trinajstić information content (AvgIpc) is 2.69. The second kappa shape index (κ2) is 9.65. The number of pyridine rings is 1. The summed E-state index contributed by atoms with van der Waals surface area (Å²) in [5.41, 5.74) is 2.15. The zero-order chi connectivity index (χ0) is 20.7. The average molecular weight is 411 g/mol. The van der Waals surface area contributed by atoms with Crippen LogP contribution in [0.25, 0.3) is 10.9 Å². The van der Waals surface area contributed by atoms with E-state index in [-0.39, 0.29) is 11.0 Å². The monoisotopic (exact) mass is 410 g/mol. The Morgan fingerprint density at radius 2 is 1.86 bits per heavy atom. The van der Waals surface area contributed by atoms with Crippen molar-refractivity contribution in [2.24, 2.45) is 5.16 Å². The number of hydrogen-bond acceptors (Lipinski definition) is 5. The van der Waals surface area contributed by atoms with Crippen molar-refractivity contribution in [3.05, 3.63) is 70.5 Å². The normalized spacial score (nSPS) is 11.8. The molecule has 0 fully saturated rings. The van der Waals surface area contributed by atoms with E-state index in [2.05, 4.69) is 43.0 Å². The molecule has 29 heavy (non-hydrogen) atoms. The van der Waals surface area contributed by atoms with Gasteiger partial charge in [-0.1, -0.05) is 38.1 Å². The molecule has 0 aliphatic heterocycles. The van der Waals surface area contributed by atoms with Crippen molar-refractivity contribution in [1.29, 1.82) is 0 Å². The minimum Gasteiger partial charge on any atom is -0.494 e. The number of rotatable bonds is 8. The minimum atomic E-state index is -0.104. The Kier molecular flexibility index (Phi) is 6.99. The number of nitrogens with zero attached hydrogens (tertiary/aromatic N) is 1. The molecule has 0 atom stereocenters. The molecular formula is C23H26N2O3S. The molecule has 0 unspecified atom stereocenters. The Labute approximate surface area is 175 Å². The maximum Gasteiger partial charge on any atom is 0.248 e. The van der Waals surface area contributed by atoms with Crippen LogP contribution < -0.4 is 10.3 Å². The number of hydrogen-bond donors (Lipinski definition) is 1. The number of H-pyrrole nitrogens is 1. The first kappa shape index (κ1) is 21.0. The molecule has 0 saturated heterocycles. The Balaban J connectivity index is 1.35. The van der Waals surface area contributed by atoms with Gasteiger partial charge in [-0.05, 0) is 60.2 Å². The molecule has 5 nitrogen and oxygen atoms in total. The molecule has 3 rings (SSSR count). The van der Waals surface area contributed by atoms with Gasteiger partial charge in [0.25, 0.3) is 0 Å². The molecule has 3 aromatic rings. The van der Waals surface area contributed by atoms with Gasteiger partial charge in [-0.2, -0.15) is 0 Å². The van der Waals surface area contributed by atoms with Crippen molar-refractivity contribution >= 4 is 29.2 Å². The van der Waals surface area contributed by atoms with Crippen LogP contribution in [0.2, 0.25) is 0 Å². The van der Waals surface area contributed by atoms with Gasteiger partial charge in [0.2, 0.25) is 5.56 Å². The van der Waals surface area contributed by atoms with Crippen LogP contribution in [0.3, 0.4) is 0 Å². The Hall–Kier alpha value is -2.73. The maximum absolute atomic E-state index is 11.3. The highest BCUT2D eigenvalue weighted by Gasteiger charge is 2.12. The van der Waals surface area contributed by atoms with Crippen LogP contribution in [0.1, 0.15) is 39.2 Å². The summed E-state index contributed by atoms with van der Waals surface area (Å²) in [7, 11) is 0. The van der Waals surface area contributed by atoms with Crippen molar-refractivity contribution < 1.29 is 9.02 Å². The van der Waals surface area contributed by atoms with E-state index in [0.717, 1.165) is 34.4 Å². The molecule has 0 aliphatic rings. The number of nitrogens with one attached hydrogen (secondary N) is 1. The van der Waals surface area contributed by atoms with Crippen molar-refractivity contribution in [2.75, 3.05) is 6.61 Å². The zero-order valence-corrected chi connectivity index (χ0v) is 17.8. The fourth-order valence-corrected chi connectivity index (χ4v) is 3.18. The van der Waals surface area contributed by atoms with Crippen LogP contribution in [0, 0.1) is 0 Å². The van der Waals surface area contributed by atoms with E-state index in [0.29, 0.717) is 6.61 Å². The SMILES string of the molecule is CC(C)(C)c1ccc(SON=CCCCOc2ccc3[nH]c(=O)ccc3c2)cc1. The van der Waals surface area contributed by atoms with Gasteiger partial charge in [-0.25, -0.2) is 0 Å². The van der Waals surface area contributed by atoms with Crippen molar-refractivity contribution in [1.82, 2.24) is 4.98 Å². The van der Waals surface area contributed by atoms with Gasteiger partial charge >= 0.3 is 0 Å². The van der Waals surface area contributed by atoms with Crippen LogP contribution in [-0.4, -0.2) is 17.8 Å². The third kappa shape index (κ3) is 6.39. The van der Waals surface area contributed by atoms with E-state index < -0.39 is 0 Å².